The molecule has 0 aliphatic heterocycles. The van der Waals surface area contributed by atoms with Crippen LogP contribution in [0.5, 0.6) is 0 Å². The summed E-state index contributed by atoms with van der Waals surface area (Å²) in [4.78, 5) is 0. The monoisotopic (exact) mass is 262 g/mol. The lowest BCUT2D eigenvalue weighted by molar-refractivity contribution is 0.163. The van der Waals surface area contributed by atoms with Crippen molar-refractivity contribution in [3.05, 3.63) is 0 Å². The molecular weight excluding hydrogens is 228 g/mol. The second-order valence-corrected chi connectivity index (χ2v) is 5.51. The van der Waals surface area contributed by atoms with E-state index in [0.717, 1.165) is 0 Å². The van der Waals surface area contributed by atoms with Crippen LogP contribution in [0.4, 0.5) is 0 Å². The Labute approximate surface area is 112 Å². The van der Waals surface area contributed by atoms with Crippen LogP contribution in [0.2, 0.25) is 0 Å². The van der Waals surface area contributed by atoms with Crippen LogP contribution in [-0.4, -0.2) is 40.9 Å². The Morgan fingerprint density at radius 1 is 0.765 bits per heavy atom. The van der Waals surface area contributed by atoms with E-state index in [1.165, 1.54) is 0 Å². The van der Waals surface area contributed by atoms with Gasteiger partial charge >= 0.3 is 0 Å². The molecule has 0 spiro atoms. The molecule has 1 unspecified atom stereocenters. The molecule has 0 aromatic carbocycles. The summed E-state index contributed by atoms with van der Waals surface area (Å²) in [5, 5.41) is 10.2. The summed E-state index contributed by atoms with van der Waals surface area (Å²) in [6, 6.07) is 1.25. The summed E-state index contributed by atoms with van der Waals surface area (Å²) < 4.78 is 0. The van der Waals surface area contributed by atoms with Crippen LogP contribution in [0.3, 0.4) is 0 Å². The lowest BCUT2D eigenvalue weighted by Gasteiger charge is -2.41. The largest absolute Gasteiger partial charge is 0.308 e. The SMILES string of the molecule is CC(C)NC(C)C(N)(NC(C)C)NC(C)C.[SiH4]. The molecule has 0 saturated carbocycles. The molecule has 1 atom stereocenters. The molecule has 0 heterocycles. The lowest BCUT2D eigenvalue weighted by atomic mass is 10.1. The van der Waals surface area contributed by atoms with Gasteiger partial charge in [0, 0.05) is 24.2 Å². The van der Waals surface area contributed by atoms with Crippen molar-refractivity contribution in [1.29, 1.82) is 0 Å². The van der Waals surface area contributed by atoms with E-state index in [9.17, 15) is 0 Å². The van der Waals surface area contributed by atoms with Crippen LogP contribution in [0.15, 0.2) is 0 Å². The van der Waals surface area contributed by atoms with Gasteiger partial charge in [-0.15, -0.1) is 0 Å². The Bertz CT molecular complexity index is 185. The predicted octanol–water partition coefficient (Wildman–Crippen LogP) is -0.470. The Hall–Kier alpha value is 0.0569. The van der Waals surface area contributed by atoms with Gasteiger partial charge in [0.1, 0.15) is 5.79 Å². The van der Waals surface area contributed by atoms with Crippen molar-refractivity contribution in [3.8, 4) is 0 Å². The molecule has 0 aromatic heterocycles. The third-order valence-electron chi connectivity index (χ3n) is 2.32. The fraction of sp³-hybridized carbons (Fsp3) is 1.00. The van der Waals surface area contributed by atoms with Gasteiger partial charge in [0.15, 0.2) is 0 Å². The minimum Gasteiger partial charge on any atom is -0.308 e. The maximum Gasteiger partial charge on any atom is 0.136 e. The van der Waals surface area contributed by atoms with Gasteiger partial charge in [-0.3, -0.25) is 16.4 Å². The molecule has 4 nitrogen and oxygen atoms in total. The quantitative estimate of drug-likeness (QED) is 0.370. The maximum absolute atomic E-state index is 6.41. The topological polar surface area (TPSA) is 62.1 Å². The minimum atomic E-state index is -0.577. The van der Waals surface area contributed by atoms with Gasteiger partial charge in [0.05, 0.1) is 0 Å². The average molecular weight is 263 g/mol. The summed E-state index contributed by atoms with van der Waals surface area (Å²) in [7, 11) is 0. The molecule has 5 heteroatoms. The Kier molecular flexibility index (Phi) is 9.37. The normalized spacial score (nSPS) is 14.3. The van der Waals surface area contributed by atoms with E-state index >= 15 is 0 Å². The van der Waals surface area contributed by atoms with Crippen molar-refractivity contribution >= 4 is 11.0 Å². The van der Waals surface area contributed by atoms with Crippen LogP contribution in [0.1, 0.15) is 48.5 Å². The first-order valence-electron chi connectivity index (χ1n) is 6.27. The van der Waals surface area contributed by atoms with Gasteiger partial charge < -0.3 is 5.32 Å². The summed E-state index contributed by atoms with van der Waals surface area (Å²) in [5.74, 6) is -0.577. The van der Waals surface area contributed by atoms with E-state index in [1.807, 2.05) is 0 Å². The van der Waals surface area contributed by atoms with Gasteiger partial charge in [-0.2, -0.15) is 0 Å². The molecule has 0 saturated heterocycles. The summed E-state index contributed by atoms with van der Waals surface area (Å²) >= 11 is 0. The molecule has 5 N–H and O–H groups in total. The predicted molar refractivity (Wildman–Crippen MR) is 82.5 cm³/mol. The molecular formula is C12H34N4Si. The number of hydrogen-bond acceptors (Lipinski definition) is 4. The highest BCUT2D eigenvalue weighted by Crippen LogP contribution is 2.04. The fourth-order valence-corrected chi connectivity index (χ4v) is 1.88. The standard InChI is InChI=1S/C12H30N4.H4Si/c1-8(2)14-11(7)12(13,15-9(3)4)16-10(5)6;/h8-11,14-16H,13H2,1-7H3;1H4. The van der Waals surface area contributed by atoms with Crippen molar-refractivity contribution < 1.29 is 0 Å². The second-order valence-electron chi connectivity index (χ2n) is 5.51. The number of nitrogens with one attached hydrogen (secondary N) is 3. The van der Waals surface area contributed by atoms with E-state index in [0.29, 0.717) is 18.1 Å². The molecule has 0 amide bonds. The highest BCUT2D eigenvalue weighted by Gasteiger charge is 2.32. The van der Waals surface area contributed by atoms with Crippen molar-refractivity contribution in [3.63, 3.8) is 0 Å². The van der Waals surface area contributed by atoms with E-state index < -0.39 is 5.79 Å². The molecule has 17 heavy (non-hydrogen) atoms. The lowest BCUT2D eigenvalue weighted by Crippen LogP contribution is -2.75. The average Bonchev–Trinajstić information content (AvgIpc) is 1.98. The molecule has 0 aliphatic carbocycles. The van der Waals surface area contributed by atoms with Crippen LogP contribution in [0, 0.1) is 0 Å². The zero-order valence-electron chi connectivity index (χ0n) is 11.9. The van der Waals surface area contributed by atoms with E-state index in [4.69, 9.17) is 5.73 Å². The van der Waals surface area contributed by atoms with Crippen LogP contribution < -0.4 is 21.7 Å². The fourth-order valence-electron chi connectivity index (χ4n) is 1.88. The van der Waals surface area contributed by atoms with E-state index in [2.05, 4.69) is 64.4 Å². The third kappa shape index (κ3) is 7.89. The summed E-state index contributed by atoms with van der Waals surface area (Å²) in [6.45, 7) is 14.8. The second kappa shape index (κ2) is 8.21. The first-order chi connectivity index (χ1) is 7.17. The molecule has 0 fully saturated rings. The molecule has 0 radical (unpaired) electrons. The highest BCUT2D eigenvalue weighted by atomic mass is 28.1. The van der Waals surface area contributed by atoms with E-state index in [-0.39, 0.29) is 17.0 Å². The first-order valence-corrected chi connectivity index (χ1v) is 6.27. The third-order valence-corrected chi connectivity index (χ3v) is 2.32. The van der Waals surface area contributed by atoms with Gasteiger partial charge in [0.25, 0.3) is 0 Å². The molecule has 106 valence electrons. The zero-order chi connectivity index (χ0) is 12.9. The molecule has 0 rings (SSSR count). The van der Waals surface area contributed by atoms with Crippen LogP contribution in [0.25, 0.3) is 0 Å². The smallest absolute Gasteiger partial charge is 0.136 e. The van der Waals surface area contributed by atoms with Crippen LogP contribution >= 0.6 is 0 Å². The minimum absolute atomic E-state index is 0. The van der Waals surface area contributed by atoms with Crippen molar-refractivity contribution in [2.45, 2.75) is 78.4 Å². The molecule has 0 aliphatic rings. The zero-order valence-corrected chi connectivity index (χ0v) is 11.9. The number of nitrogens with two attached hydrogens (primary N) is 1. The Morgan fingerprint density at radius 2 is 1.12 bits per heavy atom. The van der Waals surface area contributed by atoms with Gasteiger partial charge in [0.2, 0.25) is 0 Å². The Morgan fingerprint density at radius 3 is 1.35 bits per heavy atom. The van der Waals surface area contributed by atoms with Crippen molar-refractivity contribution in [2.75, 3.05) is 0 Å². The van der Waals surface area contributed by atoms with Gasteiger partial charge in [-0.1, -0.05) is 13.8 Å². The van der Waals surface area contributed by atoms with Crippen molar-refractivity contribution in [1.82, 2.24) is 16.0 Å². The van der Waals surface area contributed by atoms with Gasteiger partial charge in [-0.25, -0.2) is 0 Å². The number of hydrogen-bond donors (Lipinski definition) is 4. The van der Waals surface area contributed by atoms with Gasteiger partial charge in [-0.05, 0) is 45.6 Å². The summed E-state index contributed by atoms with van der Waals surface area (Å²) in [5.41, 5.74) is 6.41. The van der Waals surface area contributed by atoms with E-state index in [1.54, 1.807) is 0 Å². The first kappa shape index (κ1) is 19.4. The van der Waals surface area contributed by atoms with Crippen molar-refractivity contribution in [2.24, 2.45) is 5.73 Å². The highest BCUT2D eigenvalue weighted by molar-refractivity contribution is 5.75. The summed E-state index contributed by atoms with van der Waals surface area (Å²) in [6.07, 6.45) is 0. The molecule has 0 aromatic rings. The van der Waals surface area contributed by atoms with Crippen LogP contribution in [-0.2, 0) is 0 Å². The molecule has 0 bridgehead atoms. The maximum atomic E-state index is 6.41. The number of rotatable bonds is 7. The Balaban J connectivity index is 0.